The molecular formula is C25H23N5O4. The van der Waals surface area contributed by atoms with Crippen molar-refractivity contribution in [3.63, 3.8) is 0 Å². The van der Waals surface area contributed by atoms with E-state index in [2.05, 4.69) is 21.5 Å². The van der Waals surface area contributed by atoms with Crippen LogP contribution in [0.2, 0.25) is 0 Å². The summed E-state index contributed by atoms with van der Waals surface area (Å²) in [5.41, 5.74) is 1.80. The lowest BCUT2D eigenvalue weighted by molar-refractivity contribution is -0.118. The topological polar surface area (TPSA) is 111 Å². The molecule has 0 aliphatic carbocycles. The van der Waals surface area contributed by atoms with Gasteiger partial charge in [-0.3, -0.25) is 4.79 Å². The number of carbonyl (C=O) groups excluding carboxylic acids is 1. The molecule has 9 heteroatoms. The molecule has 1 amide bonds. The van der Waals surface area contributed by atoms with Crippen molar-refractivity contribution < 1.29 is 19.0 Å². The van der Waals surface area contributed by atoms with Crippen molar-refractivity contribution in [1.82, 2.24) is 14.8 Å². The second-order valence-corrected chi connectivity index (χ2v) is 7.30. The van der Waals surface area contributed by atoms with Crippen LogP contribution >= 0.6 is 0 Å². The molecule has 0 saturated carbocycles. The fourth-order valence-corrected chi connectivity index (χ4v) is 3.53. The highest BCUT2D eigenvalue weighted by atomic mass is 16.5. The van der Waals surface area contributed by atoms with Crippen LogP contribution in [0, 0.1) is 18.3 Å². The Balaban J connectivity index is 1.62. The van der Waals surface area contributed by atoms with E-state index in [4.69, 9.17) is 14.2 Å². The second-order valence-electron chi connectivity index (χ2n) is 7.30. The minimum Gasteiger partial charge on any atom is -0.494 e. The number of carbonyl (C=O) groups is 1. The van der Waals surface area contributed by atoms with Crippen LogP contribution in [0.15, 0.2) is 54.7 Å². The van der Waals surface area contributed by atoms with Gasteiger partial charge in [-0.15, -0.1) is 0 Å². The Bertz CT molecular complexity index is 1390. The summed E-state index contributed by atoms with van der Waals surface area (Å²) in [4.78, 5) is 17.4. The van der Waals surface area contributed by atoms with Gasteiger partial charge in [-0.05, 0) is 43.7 Å². The molecule has 2 aromatic carbocycles. The number of methoxy groups -OCH3 is 1. The molecule has 0 unspecified atom stereocenters. The number of nitrogens with zero attached hydrogens (tertiary/aromatic N) is 4. The first-order valence-corrected chi connectivity index (χ1v) is 10.6. The molecule has 0 atom stereocenters. The second kappa shape index (κ2) is 9.92. The fourth-order valence-electron chi connectivity index (χ4n) is 3.53. The van der Waals surface area contributed by atoms with E-state index >= 15 is 0 Å². The Hall–Kier alpha value is -4.58. The summed E-state index contributed by atoms with van der Waals surface area (Å²) >= 11 is 0. The van der Waals surface area contributed by atoms with Gasteiger partial charge in [0.15, 0.2) is 29.7 Å². The van der Waals surface area contributed by atoms with Gasteiger partial charge >= 0.3 is 0 Å². The van der Waals surface area contributed by atoms with E-state index in [-0.39, 0.29) is 18.0 Å². The standard InChI is InChI=1S/C25H23N5O4/c1-4-33-19-9-5-6-10-20(19)34-15-23(31)29-25-17(13-26)14-27-30(25)22-12-16(2)18-8-7-11-21(32-3)24(18)28-22/h5-12,14H,4,15H2,1-3H3,(H,29,31). The first-order chi connectivity index (χ1) is 16.5. The quantitative estimate of drug-likeness (QED) is 0.425. The number of ether oxygens (including phenoxy) is 3. The maximum absolute atomic E-state index is 12.7. The van der Waals surface area contributed by atoms with Gasteiger partial charge < -0.3 is 19.5 Å². The van der Waals surface area contributed by atoms with Gasteiger partial charge in [0.25, 0.3) is 5.91 Å². The number of fused-ring (bicyclic) bond motifs is 1. The number of nitriles is 1. The molecule has 2 heterocycles. The van der Waals surface area contributed by atoms with Crippen LogP contribution in [-0.4, -0.2) is 41.0 Å². The van der Waals surface area contributed by atoms with E-state index in [9.17, 15) is 10.1 Å². The molecule has 172 valence electrons. The molecule has 0 aliphatic rings. The molecule has 4 rings (SSSR count). The zero-order chi connectivity index (χ0) is 24.1. The number of aryl methyl sites for hydroxylation is 1. The van der Waals surface area contributed by atoms with Crippen LogP contribution in [0.3, 0.4) is 0 Å². The average Bonchev–Trinajstić information content (AvgIpc) is 3.25. The van der Waals surface area contributed by atoms with E-state index in [0.717, 1.165) is 10.9 Å². The van der Waals surface area contributed by atoms with E-state index in [1.54, 1.807) is 25.3 Å². The first-order valence-electron chi connectivity index (χ1n) is 10.6. The van der Waals surface area contributed by atoms with Crippen molar-refractivity contribution in [3.8, 4) is 29.1 Å². The Morgan fingerprint density at radius 3 is 2.56 bits per heavy atom. The van der Waals surface area contributed by atoms with Crippen LogP contribution in [0.5, 0.6) is 17.2 Å². The zero-order valence-corrected chi connectivity index (χ0v) is 19.0. The van der Waals surface area contributed by atoms with E-state index in [1.165, 1.54) is 10.9 Å². The highest BCUT2D eigenvalue weighted by molar-refractivity contribution is 5.93. The molecular weight excluding hydrogens is 434 g/mol. The number of hydrogen-bond donors (Lipinski definition) is 1. The van der Waals surface area contributed by atoms with Crippen LogP contribution in [0.4, 0.5) is 5.82 Å². The predicted octanol–water partition coefficient (Wildman–Crippen LogP) is 4.03. The van der Waals surface area contributed by atoms with E-state index in [0.29, 0.717) is 35.2 Å². The van der Waals surface area contributed by atoms with Crippen LogP contribution in [0.25, 0.3) is 16.7 Å². The number of nitrogens with one attached hydrogen (secondary N) is 1. The van der Waals surface area contributed by atoms with Gasteiger partial charge in [0.1, 0.15) is 22.9 Å². The molecule has 0 aliphatic heterocycles. The summed E-state index contributed by atoms with van der Waals surface area (Å²) in [7, 11) is 1.58. The van der Waals surface area contributed by atoms with Gasteiger partial charge in [-0.25, -0.2) is 4.98 Å². The molecule has 1 N–H and O–H groups in total. The molecule has 2 aromatic heterocycles. The minimum atomic E-state index is -0.459. The number of amides is 1. The summed E-state index contributed by atoms with van der Waals surface area (Å²) in [5, 5.41) is 17.5. The first kappa shape index (κ1) is 22.6. The largest absolute Gasteiger partial charge is 0.494 e. The summed E-state index contributed by atoms with van der Waals surface area (Å²) in [5.74, 6) is 1.80. The average molecular weight is 457 g/mol. The number of benzene rings is 2. The van der Waals surface area contributed by atoms with Crippen molar-refractivity contribution in [3.05, 3.63) is 65.9 Å². The van der Waals surface area contributed by atoms with Gasteiger partial charge in [0.2, 0.25) is 0 Å². The molecule has 9 nitrogen and oxygen atoms in total. The third-order valence-corrected chi connectivity index (χ3v) is 5.09. The van der Waals surface area contributed by atoms with Gasteiger partial charge in [0, 0.05) is 5.39 Å². The Labute approximate surface area is 196 Å². The summed E-state index contributed by atoms with van der Waals surface area (Å²) in [6.07, 6.45) is 1.38. The molecule has 0 fully saturated rings. The monoisotopic (exact) mass is 457 g/mol. The van der Waals surface area contributed by atoms with Crippen LogP contribution < -0.4 is 19.5 Å². The highest BCUT2D eigenvalue weighted by Gasteiger charge is 2.18. The summed E-state index contributed by atoms with van der Waals surface area (Å²) in [6.45, 7) is 4.01. The number of hydrogen-bond acceptors (Lipinski definition) is 7. The molecule has 0 saturated heterocycles. The smallest absolute Gasteiger partial charge is 0.263 e. The zero-order valence-electron chi connectivity index (χ0n) is 19.0. The lowest BCUT2D eigenvalue weighted by atomic mass is 10.1. The normalized spacial score (nSPS) is 10.5. The van der Waals surface area contributed by atoms with Gasteiger partial charge in [-0.1, -0.05) is 24.3 Å². The molecule has 4 aromatic rings. The summed E-state index contributed by atoms with van der Waals surface area (Å²) < 4.78 is 18.0. The van der Waals surface area contributed by atoms with E-state index < -0.39 is 5.91 Å². The van der Waals surface area contributed by atoms with Gasteiger partial charge in [-0.2, -0.15) is 15.0 Å². The number of pyridine rings is 1. The van der Waals surface area contributed by atoms with E-state index in [1.807, 2.05) is 44.2 Å². The van der Waals surface area contributed by atoms with Crippen molar-refractivity contribution in [2.24, 2.45) is 0 Å². The molecule has 34 heavy (non-hydrogen) atoms. The number of para-hydroxylation sites is 3. The molecule has 0 spiro atoms. The summed E-state index contributed by atoms with van der Waals surface area (Å²) in [6, 6.07) is 16.7. The maximum atomic E-state index is 12.7. The Kier molecular flexibility index (Phi) is 6.59. The predicted molar refractivity (Wildman–Crippen MR) is 127 cm³/mol. The third-order valence-electron chi connectivity index (χ3n) is 5.09. The molecule has 0 bridgehead atoms. The van der Waals surface area contributed by atoms with Crippen molar-refractivity contribution in [2.75, 3.05) is 25.6 Å². The van der Waals surface area contributed by atoms with Crippen molar-refractivity contribution >= 4 is 22.6 Å². The van der Waals surface area contributed by atoms with Gasteiger partial charge in [0.05, 0.1) is 19.9 Å². The maximum Gasteiger partial charge on any atom is 0.263 e. The number of anilines is 1. The Morgan fingerprint density at radius 1 is 1.12 bits per heavy atom. The van der Waals surface area contributed by atoms with Crippen LogP contribution in [-0.2, 0) is 4.79 Å². The lowest BCUT2D eigenvalue weighted by Gasteiger charge is -2.13. The SMILES string of the molecule is CCOc1ccccc1OCC(=O)Nc1c(C#N)cnn1-c1cc(C)c2cccc(OC)c2n1. The lowest BCUT2D eigenvalue weighted by Crippen LogP contribution is -2.22. The van der Waals surface area contributed by atoms with Crippen molar-refractivity contribution in [2.45, 2.75) is 13.8 Å². The number of aromatic nitrogens is 3. The van der Waals surface area contributed by atoms with Crippen molar-refractivity contribution in [1.29, 1.82) is 5.26 Å². The third kappa shape index (κ3) is 4.47. The minimum absolute atomic E-state index is 0.197. The van der Waals surface area contributed by atoms with Crippen LogP contribution in [0.1, 0.15) is 18.1 Å². The molecule has 0 radical (unpaired) electrons. The highest BCUT2D eigenvalue weighted by Crippen LogP contribution is 2.29. The fraction of sp³-hybridized carbons (Fsp3) is 0.200. The Morgan fingerprint density at radius 2 is 1.85 bits per heavy atom. The number of rotatable bonds is 8.